The predicted molar refractivity (Wildman–Crippen MR) is 142 cm³/mol. The summed E-state index contributed by atoms with van der Waals surface area (Å²) in [6.45, 7) is -0.168. The minimum Gasteiger partial charge on any atom is -0.316 e. The number of aromatic nitrogens is 1. The Labute approximate surface area is 223 Å². The molecule has 0 saturated heterocycles. The van der Waals surface area contributed by atoms with Crippen LogP contribution in [0.15, 0.2) is 85.1 Å². The SMILES string of the molecule is O=C(Nc1ccc(F)c(Cl)c1)N(CC(=O)N1c2ccccc2-n2cccc2C1c1ccc(F)cc1)C1CC1. The van der Waals surface area contributed by atoms with Crippen LogP contribution in [0.2, 0.25) is 5.02 Å². The maximum absolute atomic E-state index is 14.1. The fourth-order valence-corrected chi connectivity index (χ4v) is 5.15. The average Bonchev–Trinajstić information content (AvgIpc) is 3.64. The zero-order valence-corrected chi connectivity index (χ0v) is 20.9. The second kappa shape index (κ2) is 9.61. The monoisotopic (exact) mass is 532 g/mol. The third-order valence-electron chi connectivity index (χ3n) is 6.90. The van der Waals surface area contributed by atoms with Crippen LogP contribution in [0.1, 0.15) is 30.1 Å². The highest BCUT2D eigenvalue weighted by molar-refractivity contribution is 6.31. The maximum Gasteiger partial charge on any atom is 0.322 e. The first-order valence-electron chi connectivity index (χ1n) is 12.3. The Morgan fingerprint density at radius 2 is 1.68 bits per heavy atom. The number of carbonyl (C=O) groups is 2. The molecule has 1 aromatic heterocycles. The van der Waals surface area contributed by atoms with Gasteiger partial charge in [-0.1, -0.05) is 35.9 Å². The Morgan fingerprint density at radius 1 is 0.947 bits per heavy atom. The Morgan fingerprint density at radius 3 is 2.39 bits per heavy atom. The van der Waals surface area contributed by atoms with Crippen molar-refractivity contribution in [2.24, 2.45) is 0 Å². The molecule has 1 unspecified atom stereocenters. The van der Waals surface area contributed by atoms with Crippen LogP contribution in [0, 0.1) is 11.6 Å². The number of fused-ring (bicyclic) bond motifs is 3. The molecule has 3 amide bonds. The summed E-state index contributed by atoms with van der Waals surface area (Å²) in [5.41, 5.74) is 3.47. The average molecular weight is 533 g/mol. The number of carbonyl (C=O) groups excluding carboxylic acids is 2. The Hall–Kier alpha value is -4.17. The van der Waals surface area contributed by atoms with Crippen molar-refractivity contribution in [2.75, 3.05) is 16.8 Å². The van der Waals surface area contributed by atoms with Gasteiger partial charge in [0.2, 0.25) is 5.91 Å². The lowest BCUT2D eigenvalue weighted by Gasteiger charge is -2.39. The number of rotatable bonds is 5. The number of benzene rings is 3. The van der Waals surface area contributed by atoms with Gasteiger partial charge < -0.3 is 14.8 Å². The first-order chi connectivity index (χ1) is 18.4. The highest BCUT2D eigenvalue weighted by Gasteiger charge is 2.40. The van der Waals surface area contributed by atoms with Gasteiger partial charge in [0.1, 0.15) is 24.2 Å². The number of nitrogens with zero attached hydrogens (tertiary/aromatic N) is 3. The van der Waals surface area contributed by atoms with E-state index in [0.717, 1.165) is 29.8 Å². The van der Waals surface area contributed by atoms with Gasteiger partial charge in [-0.25, -0.2) is 13.6 Å². The lowest BCUT2D eigenvalue weighted by atomic mass is 9.97. The zero-order valence-electron chi connectivity index (χ0n) is 20.2. The molecule has 1 N–H and O–H groups in total. The summed E-state index contributed by atoms with van der Waals surface area (Å²) >= 11 is 5.88. The summed E-state index contributed by atoms with van der Waals surface area (Å²) in [5.74, 6) is -1.23. The molecule has 2 heterocycles. The van der Waals surface area contributed by atoms with E-state index in [1.54, 1.807) is 17.0 Å². The van der Waals surface area contributed by atoms with Crippen LogP contribution in [-0.4, -0.2) is 34.0 Å². The first kappa shape index (κ1) is 24.2. The van der Waals surface area contributed by atoms with E-state index in [1.807, 2.05) is 47.2 Å². The van der Waals surface area contributed by atoms with Crippen molar-refractivity contribution in [1.82, 2.24) is 9.47 Å². The minimum atomic E-state index is -0.584. The van der Waals surface area contributed by atoms with Crippen LogP contribution >= 0.6 is 11.6 Å². The van der Waals surface area contributed by atoms with Gasteiger partial charge >= 0.3 is 6.03 Å². The van der Waals surface area contributed by atoms with Gasteiger partial charge in [-0.3, -0.25) is 9.69 Å². The fourth-order valence-electron chi connectivity index (χ4n) is 4.97. The Balaban J connectivity index is 1.35. The smallest absolute Gasteiger partial charge is 0.316 e. The van der Waals surface area contributed by atoms with Crippen molar-refractivity contribution >= 4 is 34.9 Å². The molecule has 6 nitrogen and oxygen atoms in total. The van der Waals surface area contributed by atoms with Crippen LogP contribution in [0.25, 0.3) is 5.69 Å². The molecule has 1 atom stereocenters. The minimum absolute atomic E-state index is 0.0805. The molecule has 1 fully saturated rings. The summed E-state index contributed by atoms with van der Waals surface area (Å²) in [6.07, 6.45) is 3.50. The number of anilines is 2. The molecule has 0 bridgehead atoms. The van der Waals surface area contributed by atoms with Crippen molar-refractivity contribution in [3.63, 3.8) is 0 Å². The largest absolute Gasteiger partial charge is 0.322 e. The van der Waals surface area contributed by atoms with E-state index in [9.17, 15) is 18.4 Å². The summed E-state index contributed by atoms with van der Waals surface area (Å²) in [7, 11) is 0. The van der Waals surface area contributed by atoms with Crippen molar-refractivity contribution in [3.8, 4) is 5.69 Å². The number of urea groups is 1. The normalized spacial score (nSPS) is 16.0. The molecule has 9 heteroatoms. The van der Waals surface area contributed by atoms with Crippen molar-refractivity contribution in [1.29, 1.82) is 0 Å². The highest BCUT2D eigenvalue weighted by Crippen LogP contribution is 2.42. The van der Waals surface area contributed by atoms with E-state index in [1.165, 1.54) is 35.2 Å². The van der Waals surface area contributed by atoms with E-state index in [0.29, 0.717) is 11.4 Å². The summed E-state index contributed by atoms with van der Waals surface area (Å²) in [4.78, 5) is 30.6. The van der Waals surface area contributed by atoms with Gasteiger partial charge in [-0.2, -0.15) is 0 Å². The van der Waals surface area contributed by atoms with Gasteiger partial charge in [-0.05, 0) is 73.0 Å². The predicted octanol–water partition coefficient (Wildman–Crippen LogP) is 6.54. The lowest BCUT2D eigenvalue weighted by molar-refractivity contribution is -0.119. The van der Waals surface area contributed by atoms with E-state index in [2.05, 4.69) is 5.32 Å². The molecule has 0 spiro atoms. The molecule has 1 saturated carbocycles. The first-order valence-corrected chi connectivity index (χ1v) is 12.7. The lowest BCUT2D eigenvalue weighted by Crippen LogP contribution is -2.48. The third-order valence-corrected chi connectivity index (χ3v) is 7.19. The van der Waals surface area contributed by atoms with Crippen LogP contribution < -0.4 is 10.2 Å². The molecule has 3 aromatic carbocycles. The van der Waals surface area contributed by atoms with Crippen LogP contribution in [0.5, 0.6) is 0 Å². The molecule has 4 aromatic rings. The van der Waals surface area contributed by atoms with Gasteiger partial charge in [0.15, 0.2) is 0 Å². The van der Waals surface area contributed by atoms with E-state index in [-0.39, 0.29) is 29.3 Å². The van der Waals surface area contributed by atoms with Crippen LogP contribution in [0.3, 0.4) is 0 Å². The molecule has 1 aliphatic heterocycles. The number of halogens is 3. The molecule has 192 valence electrons. The standard InChI is InChI=1S/C29H23ClF2N4O2/c30-22-16-20(11-14-23(22)32)33-29(38)35(21-12-13-21)17-27(37)36-25-5-2-1-4-24(25)34-15-3-6-26(34)28(36)18-7-9-19(31)10-8-18/h1-11,14-16,21,28H,12-13,17H2,(H,33,38). The Kier molecular flexibility index (Phi) is 6.12. The summed E-state index contributed by atoms with van der Waals surface area (Å²) in [5, 5.41) is 2.63. The topological polar surface area (TPSA) is 57.6 Å². The second-order valence-electron chi connectivity index (χ2n) is 9.43. The van der Waals surface area contributed by atoms with Crippen LogP contribution in [0.4, 0.5) is 25.0 Å². The zero-order chi connectivity index (χ0) is 26.4. The molecule has 6 rings (SSSR count). The van der Waals surface area contributed by atoms with Gasteiger partial charge in [0, 0.05) is 17.9 Å². The van der Waals surface area contributed by atoms with E-state index in [4.69, 9.17) is 11.6 Å². The molecule has 0 radical (unpaired) electrons. The van der Waals surface area contributed by atoms with Crippen molar-refractivity contribution in [2.45, 2.75) is 24.9 Å². The van der Waals surface area contributed by atoms with Gasteiger partial charge in [0.05, 0.1) is 22.1 Å². The number of hydrogen-bond acceptors (Lipinski definition) is 2. The number of para-hydroxylation sites is 2. The van der Waals surface area contributed by atoms with E-state index < -0.39 is 17.9 Å². The van der Waals surface area contributed by atoms with Crippen LogP contribution in [-0.2, 0) is 4.79 Å². The molecule has 38 heavy (non-hydrogen) atoms. The summed E-state index contributed by atoms with van der Waals surface area (Å²) in [6, 6.07) is 20.4. The number of amides is 3. The van der Waals surface area contributed by atoms with Crippen molar-refractivity contribution in [3.05, 3.63) is 113 Å². The van der Waals surface area contributed by atoms with Crippen molar-refractivity contribution < 1.29 is 18.4 Å². The molecular weight excluding hydrogens is 510 g/mol. The fraction of sp³-hybridized carbons (Fsp3) is 0.172. The number of nitrogens with one attached hydrogen (secondary N) is 1. The quantitative estimate of drug-likeness (QED) is 0.317. The van der Waals surface area contributed by atoms with E-state index >= 15 is 0 Å². The Bertz CT molecular complexity index is 1530. The summed E-state index contributed by atoms with van der Waals surface area (Å²) < 4.78 is 29.4. The maximum atomic E-state index is 14.1. The van der Waals surface area contributed by atoms with Gasteiger partial charge in [0.25, 0.3) is 0 Å². The van der Waals surface area contributed by atoms with Gasteiger partial charge in [-0.15, -0.1) is 0 Å². The highest BCUT2D eigenvalue weighted by atomic mass is 35.5. The molecular formula is C29H23ClF2N4O2. The molecule has 2 aliphatic rings. The second-order valence-corrected chi connectivity index (χ2v) is 9.83. The number of hydrogen-bond donors (Lipinski definition) is 1. The molecule has 1 aliphatic carbocycles. The third kappa shape index (κ3) is 4.41.